The summed E-state index contributed by atoms with van der Waals surface area (Å²) < 4.78 is 12.1. The zero-order valence-electron chi connectivity index (χ0n) is 13.5. The zero-order valence-corrected chi connectivity index (χ0v) is 15.1. The van der Waals surface area contributed by atoms with Gasteiger partial charge in [0.15, 0.2) is 0 Å². The van der Waals surface area contributed by atoms with Crippen molar-refractivity contribution in [2.45, 2.75) is 25.9 Å². The van der Waals surface area contributed by atoms with Crippen LogP contribution in [0.4, 0.5) is 5.69 Å². The van der Waals surface area contributed by atoms with E-state index >= 15 is 0 Å². The second kappa shape index (κ2) is 7.81. The summed E-state index contributed by atoms with van der Waals surface area (Å²) in [5.41, 5.74) is 2.47. The van der Waals surface area contributed by atoms with E-state index in [4.69, 9.17) is 9.47 Å². The SMILES string of the molecule is Cc1cccc(NC(=O)c2ccc(OCC3CCCO3)c(Br)c2)c1. The third-order valence-corrected chi connectivity index (χ3v) is 4.54. The van der Waals surface area contributed by atoms with Gasteiger partial charge in [-0.15, -0.1) is 0 Å². The van der Waals surface area contributed by atoms with Crippen LogP contribution in [0.5, 0.6) is 5.75 Å². The predicted octanol–water partition coefficient (Wildman–Crippen LogP) is 4.57. The number of rotatable bonds is 5. The average Bonchev–Trinajstić information content (AvgIpc) is 3.07. The van der Waals surface area contributed by atoms with Crippen molar-refractivity contribution < 1.29 is 14.3 Å². The molecular formula is C19H20BrNO3. The van der Waals surface area contributed by atoms with E-state index in [2.05, 4.69) is 21.2 Å². The van der Waals surface area contributed by atoms with E-state index in [1.807, 2.05) is 37.3 Å². The van der Waals surface area contributed by atoms with Crippen LogP contribution in [0.1, 0.15) is 28.8 Å². The Bertz CT molecular complexity index is 726. The zero-order chi connectivity index (χ0) is 16.9. The van der Waals surface area contributed by atoms with Crippen molar-refractivity contribution in [2.24, 2.45) is 0 Å². The Kier molecular flexibility index (Phi) is 5.53. The van der Waals surface area contributed by atoms with E-state index < -0.39 is 0 Å². The fourth-order valence-corrected chi connectivity index (χ4v) is 3.14. The maximum Gasteiger partial charge on any atom is 0.255 e. The molecule has 3 rings (SSSR count). The molecule has 1 atom stereocenters. The molecule has 1 aliphatic rings. The third-order valence-electron chi connectivity index (χ3n) is 3.92. The van der Waals surface area contributed by atoms with Crippen molar-refractivity contribution >= 4 is 27.5 Å². The van der Waals surface area contributed by atoms with Crippen LogP contribution in [0.2, 0.25) is 0 Å². The van der Waals surface area contributed by atoms with Gasteiger partial charge in [0.2, 0.25) is 0 Å². The Balaban J connectivity index is 1.63. The number of hydrogen-bond acceptors (Lipinski definition) is 3. The molecule has 1 unspecified atom stereocenters. The van der Waals surface area contributed by atoms with Gasteiger partial charge in [-0.2, -0.15) is 0 Å². The van der Waals surface area contributed by atoms with Crippen LogP contribution in [0.25, 0.3) is 0 Å². The van der Waals surface area contributed by atoms with E-state index in [1.165, 1.54) is 0 Å². The summed E-state index contributed by atoms with van der Waals surface area (Å²) in [6, 6.07) is 13.1. The smallest absolute Gasteiger partial charge is 0.255 e. The second-order valence-electron chi connectivity index (χ2n) is 5.91. The minimum atomic E-state index is -0.146. The van der Waals surface area contributed by atoms with Gasteiger partial charge in [-0.25, -0.2) is 0 Å². The van der Waals surface area contributed by atoms with Gasteiger partial charge in [-0.1, -0.05) is 12.1 Å². The first kappa shape index (κ1) is 17.0. The highest BCUT2D eigenvalue weighted by molar-refractivity contribution is 9.10. The first-order valence-corrected chi connectivity index (χ1v) is 8.83. The monoisotopic (exact) mass is 389 g/mol. The molecule has 0 aromatic heterocycles. The number of anilines is 1. The number of halogens is 1. The summed E-state index contributed by atoms with van der Waals surface area (Å²) in [5.74, 6) is 0.574. The number of carbonyl (C=O) groups is 1. The normalized spacial score (nSPS) is 16.8. The highest BCUT2D eigenvalue weighted by Gasteiger charge is 2.17. The van der Waals surface area contributed by atoms with Crippen LogP contribution in [-0.2, 0) is 4.74 Å². The maximum absolute atomic E-state index is 12.4. The molecule has 1 aliphatic heterocycles. The van der Waals surface area contributed by atoms with Gasteiger partial charge in [-0.3, -0.25) is 4.79 Å². The molecule has 1 saturated heterocycles. The van der Waals surface area contributed by atoms with Crippen molar-refractivity contribution in [3.8, 4) is 5.75 Å². The second-order valence-corrected chi connectivity index (χ2v) is 6.77. The number of aryl methyl sites for hydroxylation is 1. The van der Waals surface area contributed by atoms with E-state index in [0.29, 0.717) is 12.2 Å². The summed E-state index contributed by atoms with van der Waals surface area (Å²) in [6.45, 7) is 3.34. The standard InChI is InChI=1S/C19H20BrNO3/c1-13-4-2-5-15(10-13)21-19(22)14-7-8-18(17(20)11-14)24-12-16-6-3-9-23-16/h2,4-5,7-8,10-11,16H,3,6,9,12H2,1H3,(H,21,22). The Morgan fingerprint density at radius 1 is 1.33 bits per heavy atom. The molecule has 0 aliphatic carbocycles. The number of hydrogen-bond donors (Lipinski definition) is 1. The van der Waals surface area contributed by atoms with Crippen molar-refractivity contribution in [1.82, 2.24) is 0 Å². The summed E-state index contributed by atoms with van der Waals surface area (Å²) in [7, 11) is 0. The van der Waals surface area contributed by atoms with Crippen LogP contribution in [-0.4, -0.2) is 25.2 Å². The quantitative estimate of drug-likeness (QED) is 0.814. The van der Waals surface area contributed by atoms with Crippen molar-refractivity contribution in [2.75, 3.05) is 18.5 Å². The first-order chi connectivity index (χ1) is 11.6. The van der Waals surface area contributed by atoms with E-state index in [1.54, 1.807) is 12.1 Å². The molecular weight excluding hydrogens is 370 g/mol. The van der Waals surface area contributed by atoms with Crippen LogP contribution in [0.15, 0.2) is 46.9 Å². The lowest BCUT2D eigenvalue weighted by Gasteiger charge is -2.13. The highest BCUT2D eigenvalue weighted by atomic mass is 79.9. The number of ether oxygens (including phenoxy) is 2. The molecule has 2 aromatic rings. The van der Waals surface area contributed by atoms with Crippen molar-refractivity contribution in [1.29, 1.82) is 0 Å². The molecule has 1 fully saturated rings. The fraction of sp³-hybridized carbons (Fsp3) is 0.316. The number of carbonyl (C=O) groups excluding carboxylic acids is 1. The minimum absolute atomic E-state index is 0.146. The Morgan fingerprint density at radius 2 is 2.21 bits per heavy atom. The van der Waals surface area contributed by atoms with Crippen LogP contribution in [0, 0.1) is 6.92 Å². The van der Waals surface area contributed by atoms with Gasteiger partial charge >= 0.3 is 0 Å². The summed E-state index contributed by atoms with van der Waals surface area (Å²) in [6.07, 6.45) is 2.29. The lowest BCUT2D eigenvalue weighted by Crippen LogP contribution is -2.16. The predicted molar refractivity (Wildman–Crippen MR) is 97.7 cm³/mol. The molecule has 1 amide bonds. The molecule has 0 spiro atoms. The topological polar surface area (TPSA) is 47.6 Å². The van der Waals surface area contributed by atoms with Gasteiger partial charge in [0.25, 0.3) is 5.91 Å². The molecule has 5 heteroatoms. The van der Waals surface area contributed by atoms with Crippen LogP contribution in [0.3, 0.4) is 0 Å². The number of amides is 1. The molecule has 1 N–H and O–H groups in total. The summed E-state index contributed by atoms with van der Waals surface area (Å²) in [4.78, 5) is 12.4. The van der Waals surface area contributed by atoms with Gasteiger partial charge < -0.3 is 14.8 Å². The largest absolute Gasteiger partial charge is 0.490 e. The van der Waals surface area contributed by atoms with Gasteiger partial charge in [-0.05, 0) is 71.6 Å². The average molecular weight is 390 g/mol. The molecule has 0 saturated carbocycles. The van der Waals surface area contributed by atoms with Gasteiger partial charge in [0, 0.05) is 17.9 Å². The fourth-order valence-electron chi connectivity index (χ4n) is 2.64. The minimum Gasteiger partial charge on any atom is -0.490 e. The summed E-state index contributed by atoms with van der Waals surface area (Å²) in [5, 5.41) is 2.90. The lowest BCUT2D eigenvalue weighted by atomic mass is 10.2. The highest BCUT2D eigenvalue weighted by Crippen LogP contribution is 2.27. The molecule has 4 nitrogen and oxygen atoms in total. The van der Waals surface area contributed by atoms with Gasteiger partial charge in [0.1, 0.15) is 12.4 Å². The Hall–Kier alpha value is -1.85. The van der Waals surface area contributed by atoms with Gasteiger partial charge in [0.05, 0.1) is 10.6 Å². The molecule has 0 radical (unpaired) electrons. The number of nitrogens with one attached hydrogen (secondary N) is 1. The summed E-state index contributed by atoms with van der Waals surface area (Å²) >= 11 is 3.48. The van der Waals surface area contributed by atoms with E-state index in [9.17, 15) is 4.79 Å². The van der Waals surface area contributed by atoms with Crippen LogP contribution >= 0.6 is 15.9 Å². The molecule has 1 heterocycles. The molecule has 2 aromatic carbocycles. The van der Waals surface area contributed by atoms with E-state index in [0.717, 1.165) is 40.9 Å². The lowest BCUT2D eigenvalue weighted by molar-refractivity contribution is 0.0677. The van der Waals surface area contributed by atoms with Crippen molar-refractivity contribution in [3.05, 3.63) is 58.1 Å². The maximum atomic E-state index is 12.4. The van der Waals surface area contributed by atoms with Crippen LogP contribution < -0.4 is 10.1 Å². The molecule has 126 valence electrons. The third kappa shape index (κ3) is 4.36. The number of benzene rings is 2. The van der Waals surface area contributed by atoms with Crippen molar-refractivity contribution in [3.63, 3.8) is 0 Å². The first-order valence-electron chi connectivity index (χ1n) is 8.04. The van der Waals surface area contributed by atoms with E-state index in [-0.39, 0.29) is 12.0 Å². The molecule has 0 bridgehead atoms. The Morgan fingerprint density at radius 3 is 2.92 bits per heavy atom. The Labute approximate surface area is 150 Å². The molecule has 24 heavy (non-hydrogen) atoms.